The van der Waals surface area contributed by atoms with Crippen molar-refractivity contribution in [2.45, 2.75) is 31.7 Å². The van der Waals surface area contributed by atoms with E-state index >= 15 is 0 Å². The first-order valence-electron chi connectivity index (χ1n) is 6.07. The van der Waals surface area contributed by atoms with Gasteiger partial charge in [-0.1, -0.05) is 6.42 Å². The SMILES string of the molecule is N[C@@H]1CCC[C@H]1CC(=O)Nc1ccc(F)c(F)c1. The van der Waals surface area contributed by atoms with Gasteiger partial charge < -0.3 is 11.1 Å². The molecule has 2 rings (SSSR count). The molecule has 98 valence electrons. The molecule has 2 atom stereocenters. The van der Waals surface area contributed by atoms with Gasteiger partial charge in [0.2, 0.25) is 5.91 Å². The van der Waals surface area contributed by atoms with Gasteiger partial charge in [-0.25, -0.2) is 8.78 Å². The van der Waals surface area contributed by atoms with Crippen LogP contribution in [0.4, 0.5) is 14.5 Å². The number of benzene rings is 1. The Morgan fingerprint density at radius 3 is 2.72 bits per heavy atom. The summed E-state index contributed by atoms with van der Waals surface area (Å²) in [4.78, 5) is 11.7. The van der Waals surface area contributed by atoms with Crippen LogP contribution in [0.3, 0.4) is 0 Å². The molecule has 0 spiro atoms. The molecule has 0 saturated heterocycles. The van der Waals surface area contributed by atoms with E-state index in [2.05, 4.69) is 5.32 Å². The molecule has 5 heteroatoms. The van der Waals surface area contributed by atoms with Crippen molar-refractivity contribution >= 4 is 11.6 Å². The van der Waals surface area contributed by atoms with Crippen LogP contribution in [0.2, 0.25) is 0 Å². The summed E-state index contributed by atoms with van der Waals surface area (Å²) in [5.41, 5.74) is 6.14. The number of anilines is 1. The second kappa shape index (κ2) is 5.44. The third kappa shape index (κ3) is 3.04. The third-order valence-electron chi connectivity index (χ3n) is 3.37. The first-order valence-corrected chi connectivity index (χ1v) is 6.07. The molecular weight excluding hydrogens is 238 g/mol. The normalized spacial score (nSPS) is 23.1. The smallest absolute Gasteiger partial charge is 0.224 e. The van der Waals surface area contributed by atoms with Crippen LogP contribution in [-0.4, -0.2) is 11.9 Å². The fourth-order valence-corrected chi connectivity index (χ4v) is 2.34. The third-order valence-corrected chi connectivity index (χ3v) is 3.37. The maximum Gasteiger partial charge on any atom is 0.224 e. The van der Waals surface area contributed by atoms with Crippen molar-refractivity contribution in [2.24, 2.45) is 11.7 Å². The quantitative estimate of drug-likeness (QED) is 0.870. The van der Waals surface area contributed by atoms with Crippen molar-refractivity contribution in [1.29, 1.82) is 0 Å². The van der Waals surface area contributed by atoms with Crippen molar-refractivity contribution in [2.75, 3.05) is 5.32 Å². The van der Waals surface area contributed by atoms with E-state index in [1.54, 1.807) is 0 Å². The minimum atomic E-state index is -0.967. The minimum Gasteiger partial charge on any atom is -0.327 e. The van der Waals surface area contributed by atoms with Gasteiger partial charge in [0.1, 0.15) is 0 Å². The highest BCUT2D eigenvalue weighted by molar-refractivity contribution is 5.90. The van der Waals surface area contributed by atoms with Crippen LogP contribution in [0.1, 0.15) is 25.7 Å². The summed E-state index contributed by atoms with van der Waals surface area (Å²) < 4.78 is 25.7. The molecule has 1 amide bonds. The van der Waals surface area contributed by atoms with E-state index in [1.165, 1.54) is 6.07 Å². The Bertz CT molecular complexity index is 451. The predicted molar refractivity (Wildman–Crippen MR) is 64.9 cm³/mol. The zero-order valence-electron chi connectivity index (χ0n) is 9.96. The monoisotopic (exact) mass is 254 g/mol. The molecule has 1 aliphatic rings. The molecule has 0 aliphatic heterocycles. The first kappa shape index (κ1) is 13.0. The van der Waals surface area contributed by atoms with Crippen molar-refractivity contribution < 1.29 is 13.6 Å². The van der Waals surface area contributed by atoms with Gasteiger partial charge in [0.05, 0.1) is 0 Å². The number of hydrogen-bond donors (Lipinski definition) is 2. The lowest BCUT2D eigenvalue weighted by Gasteiger charge is -2.14. The summed E-state index contributed by atoms with van der Waals surface area (Å²) in [6.07, 6.45) is 3.28. The Hall–Kier alpha value is -1.49. The molecule has 1 fully saturated rings. The number of nitrogens with one attached hydrogen (secondary N) is 1. The number of amides is 1. The van der Waals surface area contributed by atoms with Crippen LogP contribution in [0, 0.1) is 17.6 Å². The summed E-state index contributed by atoms with van der Waals surface area (Å²) in [5.74, 6) is -1.91. The van der Waals surface area contributed by atoms with Crippen molar-refractivity contribution in [3.8, 4) is 0 Å². The Morgan fingerprint density at radius 1 is 1.33 bits per heavy atom. The lowest BCUT2D eigenvalue weighted by Crippen LogP contribution is -2.28. The lowest BCUT2D eigenvalue weighted by atomic mass is 10.00. The van der Waals surface area contributed by atoms with Crippen molar-refractivity contribution in [3.63, 3.8) is 0 Å². The molecule has 0 radical (unpaired) electrons. The Labute approximate surface area is 104 Å². The molecule has 0 aromatic heterocycles. The van der Waals surface area contributed by atoms with Crippen LogP contribution in [-0.2, 0) is 4.79 Å². The maximum atomic E-state index is 13.0. The van der Waals surface area contributed by atoms with Gasteiger partial charge in [0.25, 0.3) is 0 Å². The van der Waals surface area contributed by atoms with Gasteiger partial charge in [-0.2, -0.15) is 0 Å². The average Bonchev–Trinajstić information content (AvgIpc) is 2.70. The molecule has 3 N–H and O–H groups in total. The van der Waals surface area contributed by atoms with Gasteiger partial charge in [-0.15, -0.1) is 0 Å². The van der Waals surface area contributed by atoms with Gasteiger partial charge in [0.15, 0.2) is 11.6 Å². The number of halogens is 2. The Morgan fingerprint density at radius 2 is 2.11 bits per heavy atom. The van der Waals surface area contributed by atoms with E-state index in [0.717, 1.165) is 31.4 Å². The van der Waals surface area contributed by atoms with E-state index in [-0.39, 0.29) is 23.6 Å². The second-order valence-corrected chi connectivity index (χ2v) is 4.74. The number of nitrogens with two attached hydrogens (primary N) is 1. The van der Waals surface area contributed by atoms with Gasteiger partial charge in [-0.05, 0) is 30.9 Å². The molecule has 18 heavy (non-hydrogen) atoms. The maximum absolute atomic E-state index is 13.0. The molecule has 0 unspecified atom stereocenters. The van der Waals surface area contributed by atoms with E-state index in [9.17, 15) is 13.6 Å². The van der Waals surface area contributed by atoms with Gasteiger partial charge in [0, 0.05) is 24.2 Å². The fraction of sp³-hybridized carbons (Fsp3) is 0.462. The molecular formula is C13H16F2N2O. The Kier molecular flexibility index (Phi) is 3.91. The molecule has 1 aliphatic carbocycles. The second-order valence-electron chi connectivity index (χ2n) is 4.74. The van der Waals surface area contributed by atoms with Crippen molar-refractivity contribution in [3.05, 3.63) is 29.8 Å². The highest BCUT2D eigenvalue weighted by atomic mass is 19.2. The summed E-state index contributed by atoms with van der Waals surface area (Å²) in [5, 5.41) is 2.56. The van der Waals surface area contributed by atoms with Gasteiger partial charge in [-0.3, -0.25) is 4.79 Å². The molecule has 3 nitrogen and oxygen atoms in total. The number of carbonyl (C=O) groups is 1. The highest BCUT2D eigenvalue weighted by Crippen LogP contribution is 2.27. The molecule has 0 heterocycles. The fourth-order valence-electron chi connectivity index (χ4n) is 2.34. The number of hydrogen-bond acceptors (Lipinski definition) is 2. The average molecular weight is 254 g/mol. The molecule has 0 bridgehead atoms. The van der Waals surface area contributed by atoms with Crippen LogP contribution in [0.5, 0.6) is 0 Å². The molecule has 1 aromatic rings. The standard InChI is InChI=1S/C13H16F2N2O/c14-10-5-4-9(7-11(10)15)17-13(18)6-8-2-1-3-12(8)16/h4-5,7-8,12H,1-3,6,16H2,(H,17,18)/t8-,12+/m0/s1. The highest BCUT2D eigenvalue weighted by Gasteiger charge is 2.26. The summed E-state index contributed by atoms with van der Waals surface area (Å²) in [7, 11) is 0. The zero-order valence-corrected chi connectivity index (χ0v) is 9.96. The predicted octanol–water partition coefficient (Wildman–Crippen LogP) is 2.42. The first-order chi connectivity index (χ1) is 8.56. The largest absolute Gasteiger partial charge is 0.327 e. The summed E-state index contributed by atoms with van der Waals surface area (Å²) >= 11 is 0. The lowest BCUT2D eigenvalue weighted by molar-refractivity contribution is -0.117. The summed E-state index contributed by atoms with van der Waals surface area (Å²) in [6.45, 7) is 0. The minimum absolute atomic E-state index is 0.0701. The van der Waals surface area contributed by atoms with Crippen LogP contribution in [0.15, 0.2) is 18.2 Å². The van der Waals surface area contributed by atoms with E-state index in [1.807, 2.05) is 0 Å². The van der Waals surface area contributed by atoms with Crippen LogP contribution in [0.25, 0.3) is 0 Å². The number of carbonyl (C=O) groups excluding carboxylic acids is 1. The zero-order chi connectivity index (χ0) is 13.1. The van der Waals surface area contributed by atoms with Crippen molar-refractivity contribution in [1.82, 2.24) is 0 Å². The van der Waals surface area contributed by atoms with Crippen LogP contribution >= 0.6 is 0 Å². The molecule has 1 saturated carbocycles. The van der Waals surface area contributed by atoms with E-state index < -0.39 is 11.6 Å². The number of rotatable bonds is 3. The van der Waals surface area contributed by atoms with E-state index in [0.29, 0.717) is 6.42 Å². The summed E-state index contributed by atoms with van der Waals surface area (Å²) in [6, 6.07) is 3.37. The Balaban J connectivity index is 1.92. The topological polar surface area (TPSA) is 55.1 Å². The van der Waals surface area contributed by atoms with Crippen LogP contribution < -0.4 is 11.1 Å². The van der Waals surface area contributed by atoms with Gasteiger partial charge >= 0.3 is 0 Å². The van der Waals surface area contributed by atoms with E-state index in [4.69, 9.17) is 5.73 Å². The molecule has 1 aromatic carbocycles.